The van der Waals surface area contributed by atoms with Gasteiger partial charge in [0.15, 0.2) is 0 Å². The summed E-state index contributed by atoms with van der Waals surface area (Å²) in [7, 11) is 0. The molecule has 0 heterocycles. The van der Waals surface area contributed by atoms with Gasteiger partial charge in [0, 0.05) is 6.42 Å². The van der Waals surface area contributed by atoms with E-state index < -0.39 is 78.5 Å². The Morgan fingerprint density at radius 1 is 0.735 bits per heavy atom. The average molecular weight is 488 g/mol. The first kappa shape index (κ1) is 30.2. The SMILES string of the molecule is CC(C)CC(NC(=O)C(N)CCC(N)=O)C(=O)NC(CC(=O)O)C(=O)NC(CC(N)=O)C(=O)O. The van der Waals surface area contributed by atoms with E-state index in [2.05, 4.69) is 10.6 Å². The molecule has 0 aromatic carbocycles. The third-order valence-electron chi connectivity index (χ3n) is 4.41. The molecule has 0 aliphatic heterocycles. The second-order valence-electron chi connectivity index (χ2n) is 8.03. The van der Waals surface area contributed by atoms with Crippen molar-refractivity contribution < 1.29 is 43.8 Å². The van der Waals surface area contributed by atoms with Gasteiger partial charge >= 0.3 is 11.9 Å². The summed E-state index contributed by atoms with van der Waals surface area (Å²) >= 11 is 0. The predicted molar refractivity (Wildman–Crippen MR) is 115 cm³/mol. The lowest BCUT2D eigenvalue weighted by atomic mass is 10.0. The molecule has 0 aliphatic rings. The summed E-state index contributed by atoms with van der Waals surface area (Å²) in [5.74, 6) is -7.78. The van der Waals surface area contributed by atoms with E-state index in [4.69, 9.17) is 27.4 Å². The first-order valence-electron chi connectivity index (χ1n) is 10.3. The van der Waals surface area contributed by atoms with Gasteiger partial charge in [-0.25, -0.2) is 4.79 Å². The van der Waals surface area contributed by atoms with Gasteiger partial charge in [-0.1, -0.05) is 13.8 Å². The number of hydrogen-bond donors (Lipinski definition) is 8. The number of nitrogens with two attached hydrogens (primary N) is 3. The third-order valence-corrected chi connectivity index (χ3v) is 4.41. The molecule has 0 aliphatic carbocycles. The minimum absolute atomic E-state index is 0.0718. The third kappa shape index (κ3) is 12.3. The highest BCUT2D eigenvalue weighted by molar-refractivity contribution is 5.96. The van der Waals surface area contributed by atoms with Gasteiger partial charge in [0.05, 0.1) is 18.9 Å². The number of carboxylic acid groups (broad SMARTS) is 2. The van der Waals surface area contributed by atoms with E-state index in [0.29, 0.717) is 0 Å². The van der Waals surface area contributed by atoms with Crippen LogP contribution in [0.25, 0.3) is 0 Å². The van der Waals surface area contributed by atoms with Gasteiger partial charge in [0.25, 0.3) is 0 Å². The molecule has 15 nitrogen and oxygen atoms in total. The summed E-state index contributed by atoms with van der Waals surface area (Å²) < 4.78 is 0. The molecule has 0 radical (unpaired) electrons. The molecule has 34 heavy (non-hydrogen) atoms. The van der Waals surface area contributed by atoms with Crippen LogP contribution < -0.4 is 33.2 Å². The van der Waals surface area contributed by atoms with E-state index in [-0.39, 0.29) is 25.2 Å². The zero-order valence-electron chi connectivity index (χ0n) is 18.9. The van der Waals surface area contributed by atoms with Gasteiger partial charge in [-0.05, 0) is 18.8 Å². The van der Waals surface area contributed by atoms with Gasteiger partial charge in [0.1, 0.15) is 18.1 Å². The Hall–Kier alpha value is -3.75. The minimum atomic E-state index is -1.74. The Morgan fingerprint density at radius 2 is 1.24 bits per heavy atom. The van der Waals surface area contributed by atoms with E-state index in [1.807, 2.05) is 5.32 Å². The van der Waals surface area contributed by atoms with Gasteiger partial charge < -0.3 is 43.4 Å². The van der Waals surface area contributed by atoms with Crippen molar-refractivity contribution in [1.82, 2.24) is 16.0 Å². The van der Waals surface area contributed by atoms with Crippen molar-refractivity contribution in [2.45, 2.75) is 70.1 Å². The van der Waals surface area contributed by atoms with Crippen molar-refractivity contribution in [3.05, 3.63) is 0 Å². The molecule has 15 heteroatoms. The van der Waals surface area contributed by atoms with Crippen LogP contribution in [0.1, 0.15) is 46.0 Å². The van der Waals surface area contributed by atoms with Crippen LogP contribution in [0.2, 0.25) is 0 Å². The van der Waals surface area contributed by atoms with Crippen molar-refractivity contribution in [3.8, 4) is 0 Å². The minimum Gasteiger partial charge on any atom is -0.481 e. The largest absolute Gasteiger partial charge is 0.481 e. The van der Waals surface area contributed by atoms with Crippen molar-refractivity contribution in [2.75, 3.05) is 0 Å². The fourth-order valence-electron chi connectivity index (χ4n) is 2.74. The molecule has 5 amide bonds. The first-order valence-corrected chi connectivity index (χ1v) is 10.3. The molecule has 4 atom stereocenters. The predicted octanol–water partition coefficient (Wildman–Crippen LogP) is -3.49. The van der Waals surface area contributed by atoms with Crippen LogP contribution in [-0.4, -0.2) is 75.9 Å². The zero-order valence-corrected chi connectivity index (χ0v) is 18.9. The lowest BCUT2D eigenvalue weighted by Crippen LogP contribution is -2.58. The molecule has 11 N–H and O–H groups in total. The van der Waals surface area contributed by atoms with Crippen molar-refractivity contribution in [2.24, 2.45) is 23.1 Å². The van der Waals surface area contributed by atoms with Crippen LogP contribution in [0, 0.1) is 5.92 Å². The average Bonchev–Trinajstić information content (AvgIpc) is 2.68. The lowest BCUT2D eigenvalue weighted by molar-refractivity contribution is -0.145. The Morgan fingerprint density at radius 3 is 1.68 bits per heavy atom. The summed E-state index contributed by atoms with van der Waals surface area (Å²) in [6.07, 6.45) is -1.82. The summed E-state index contributed by atoms with van der Waals surface area (Å²) in [6, 6.07) is -5.85. The van der Waals surface area contributed by atoms with E-state index in [0.717, 1.165) is 0 Å². The lowest BCUT2D eigenvalue weighted by Gasteiger charge is -2.25. The topological polar surface area (TPSA) is 274 Å². The number of carbonyl (C=O) groups excluding carboxylic acids is 5. The number of amides is 5. The van der Waals surface area contributed by atoms with Crippen molar-refractivity contribution in [1.29, 1.82) is 0 Å². The van der Waals surface area contributed by atoms with Gasteiger partial charge in [-0.15, -0.1) is 0 Å². The second-order valence-corrected chi connectivity index (χ2v) is 8.03. The highest BCUT2D eigenvalue weighted by Gasteiger charge is 2.32. The molecule has 0 aromatic rings. The van der Waals surface area contributed by atoms with Gasteiger partial charge in [-0.2, -0.15) is 0 Å². The summed E-state index contributed by atoms with van der Waals surface area (Å²) in [4.78, 5) is 81.9. The summed E-state index contributed by atoms with van der Waals surface area (Å²) in [6.45, 7) is 3.48. The normalized spacial score (nSPS) is 14.2. The van der Waals surface area contributed by atoms with E-state index in [9.17, 15) is 33.6 Å². The number of carbonyl (C=O) groups is 7. The molecule has 0 saturated carbocycles. The molecule has 0 fully saturated rings. The first-order chi connectivity index (χ1) is 15.6. The summed E-state index contributed by atoms with van der Waals surface area (Å²) in [5.41, 5.74) is 15.7. The maximum absolute atomic E-state index is 12.8. The maximum atomic E-state index is 12.8. The Balaban J connectivity index is 5.52. The standard InChI is InChI=1S/C19H32N6O9/c1-8(2)5-10(23-16(30)9(20)3-4-13(21)26)17(31)24-11(7-15(28)29)18(32)25-12(19(33)34)6-14(22)27/h8-12H,3-7,20H2,1-2H3,(H2,21,26)(H2,22,27)(H,23,30)(H,24,31)(H,25,32)(H,28,29)(H,33,34). The highest BCUT2D eigenvalue weighted by atomic mass is 16.4. The summed E-state index contributed by atoms with van der Waals surface area (Å²) in [5, 5.41) is 24.7. The Labute approximate surface area is 195 Å². The Kier molecular flexibility index (Phi) is 12.8. The number of nitrogens with one attached hydrogen (secondary N) is 3. The number of rotatable bonds is 16. The molecule has 0 aromatic heterocycles. The number of hydrogen-bond acceptors (Lipinski definition) is 8. The Bertz CT molecular complexity index is 801. The van der Waals surface area contributed by atoms with E-state index >= 15 is 0 Å². The molecule has 4 unspecified atom stereocenters. The molecule has 192 valence electrons. The molecule has 0 bridgehead atoms. The van der Waals surface area contributed by atoms with Gasteiger partial charge in [-0.3, -0.25) is 28.8 Å². The molecular weight excluding hydrogens is 456 g/mol. The zero-order chi connectivity index (χ0) is 26.6. The second kappa shape index (κ2) is 14.4. The van der Waals surface area contributed by atoms with Crippen molar-refractivity contribution in [3.63, 3.8) is 0 Å². The fourth-order valence-corrected chi connectivity index (χ4v) is 2.74. The smallest absolute Gasteiger partial charge is 0.326 e. The fraction of sp³-hybridized carbons (Fsp3) is 0.632. The number of primary amides is 2. The maximum Gasteiger partial charge on any atom is 0.326 e. The van der Waals surface area contributed by atoms with E-state index in [1.165, 1.54) is 0 Å². The van der Waals surface area contributed by atoms with Crippen LogP contribution >= 0.6 is 0 Å². The molecule has 0 rings (SSSR count). The number of carboxylic acids is 2. The van der Waals surface area contributed by atoms with Gasteiger partial charge in [0.2, 0.25) is 29.5 Å². The highest BCUT2D eigenvalue weighted by Crippen LogP contribution is 2.08. The van der Waals surface area contributed by atoms with Crippen LogP contribution in [0.5, 0.6) is 0 Å². The molecular formula is C19H32N6O9. The van der Waals surface area contributed by atoms with Crippen LogP contribution in [-0.2, 0) is 33.6 Å². The monoisotopic (exact) mass is 488 g/mol. The van der Waals surface area contributed by atoms with Crippen LogP contribution in [0.3, 0.4) is 0 Å². The van der Waals surface area contributed by atoms with Crippen LogP contribution in [0.15, 0.2) is 0 Å². The quantitative estimate of drug-likeness (QED) is 0.106. The molecule has 0 saturated heterocycles. The van der Waals surface area contributed by atoms with Crippen molar-refractivity contribution >= 4 is 41.5 Å². The number of aliphatic carboxylic acids is 2. The van der Waals surface area contributed by atoms with Crippen LogP contribution in [0.4, 0.5) is 0 Å². The molecule has 0 spiro atoms. The van der Waals surface area contributed by atoms with E-state index in [1.54, 1.807) is 13.8 Å².